The van der Waals surface area contributed by atoms with Gasteiger partial charge in [0.2, 0.25) is 5.78 Å². The van der Waals surface area contributed by atoms with Gasteiger partial charge in [-0.15, -0.1) is 0 Å². The number of ketones is 1. The van der Waals surface area contributed by atoms with Crippen LogP contribution in [0.15, 0.2) is 63.8 Å². The predicted octanol–water partition coefficient (Wildman–Crippen LogP) is 4.01. The molecule has 24 heavy (non-hydrogen) atoms. The van der Waals surface area contributed by atoms with Gasteiger partial charge in [-0.3, -0.25) is 4.79 Å². The number of hydrogen-bond acceptors (Lipinski definition) is 4. The standard InChI is InChI=1S/C20H18O4/c1-3-14-11-19(21)24-18-12-16(9-10-17(14)18)23-13(2)20(22)15-7-5-4-6-8-15/h4-13H,3H2,1-2H3. The second-order valence-corrected chi connectivity index (χ2v) is 5.59. The number of carbonyl (C=O) groups excluding carboxylic acids is 1. The van der Waals surface area contributed by atoms with Crippen molar-refractivity contribution in [1.29, 1.82) is 0 Å². The monoisotopic (exact) mass is 322 g/mol. The number of fused-ring (bicyclic) bond motifs is 1. The summed E-state index contributed by atoms with van der Waals surface area (Å²) < 4.78 is 11.0. The Morgan fingerprint density at radius 1 is 1.12 bits per heavy atom. The smallest absolute Gasteiger partial charge is 0.336 e. The molecule has 3 rings (SSSR count). The topological polar surface area (TPSA) is 56.5 Å². The third-order valence-corrected chi connectivity index (χ3v) is 3.92. The van der Waals surface area contributed by atoms with E-state index in [4.69, 9.17) is 9.15 Å². The van der Waals surface area contributed by atoms with Gasteiger partial charge in [0, 0.05) is 23.1 Å². The SMILES string of the molecule is CCc1cc(=O)oc2cc(OC(C)C(=O)c3ccccc3)ccc12. The molecular weight excluding hydrogens is 304 g/mol. The van der Waals surface area contributed by atoms with Crippen LogP contribution in [-0.4, -0.2) is 11.9 Å². The largest absolute Gasteiger partial charge is 0.482 e. The Balaban J connectivity index is 1.87. The lowest BCUT2D eigenvalue weighted by atomic mass is 10.1. The number of rotatable bonds is 5. The van der Waals surface area contributed by atoms with E-state index in [1.807, 2.05) is 31.2 Å². The minimum Gasteiger partial charge on any atom is -0.482 e. The van der Waals surface area contributed by atoms with Gasteiger partial charge in [-0.1, -0.05) is 37.3 Å². The van der Waals surface area contributed by atoms with E-state index in [-0.39, 0.29) is 11.4 Å². The van der Waals surface area contributed by atoms with Crippen LogP contribution in [0.1, 0.15) is 29.8 Å². The van der Waals surface area contributed by atoms with Gasteiger partial charge in [0.15, 0.2) is 6.10 Å². The Bertz CT molecular complexity index is 925. The van der Waals surface area contributed by atoms with E-state index < -0.39 is 6.10 Å². The molecule has 0 fully saturated rings. The number of Topliss-reactive ketones (excluding diaryl/α,β-unsaturated/α-hetero) is 1. The van der Waals surface area contributed by atoms with Gasteiger partial charge >= 0.3 is 5.63 Å². The summed E-state index contributed by atoms with van der Waals surface area (Å²) >= 11 is 0. The van der Waals surface area contributed by atoms with Crippen molar-refractivity contribution < 1.29 is 13.9 Å². The van der Waals surface area contributed by atoms with Gasteiger partial charge in [-0.05, 0) is 31.0 Å². The first-order chi connectivity index (χ1) is 11.6. The summed E-state index contributed by atoms with van der Waals surface area (Å²) in [5, 5.41) is 0.881. The fraction of sp³-hybridized carbons (Fsp3) is 0.200. The fourth-order valence-electron chi connectivity index (χ4n) is 2.67. The van der Waals surface area contributed by atoms with Gasteiger partial charge in [0.25, 0.3) is 0 Å². The molecule has 0 aliphatic heterocycles. The van der Waals surface area contributed by atoms with Gasteiger partial charge in [0.1, 0.15) is 11.3 Å². The highest BCUT2D eigenvalue weighted by Gasteiger charge is 2.17. The Kier molecular flexibility index (Phi) is 4.47. The van der Waals surface area contributed by atoms with Crippen molar-refractivity contribution >= 4 is 16.8 Å². The normalized spacial score (nSPS) is 12.1. The van der Waals surface area contributed by atoms with Crippen molar-refractivity contribution in [2.75, 3.05) is 0 Å². The molecule has 0 bridgehead atoms. The lowest BCUT2D eigenvalue weighted by Gasteiger charge is -2.14. The van der Waals surface area contributed by atoms with Gasteiger partial charge in [-0.2, -0.15) is 0 Å². The molecule has 1 heterocycles. The van der Waals surface area contributed by atoms with Gasteiger partial charge in [-0.25, -0.2) is 4.79 Å². The molecule has 122 valence electrons. The maximum atomic E-state index is 12.4. The molecule has 1 aromatic heterocycles. The maximum absolute atomic E-state index is 12.4. The molecule has 0 amide bonds. The van der Waals surface area contributed by atoms with Crippen molar-refractivity contribution in [3.8, 4) is 5.75 Å². The molecule has 1 unspecified atom stereocenters. The van der Waals surface area contributed by atoms with Gasteiger partial charge < -0.3 is 9.15 Å². The number of benzene rings is 2. The predicted molar refractivity (Wildman–Crippen MR) is 92.7 cm³/mol. The van der Waals surface area contributed by atoms with E-state index in [0.29, 0.717) is 16.9 Å². The Morgan fingerprint density at radius 2 is 1.88 bits per heavy atom. The highest BCUT2D eigenvalue weighted by atomic mass is 16.5. The van der Waals surface area contributed by atoms with Crippen molar-refractivity contribution in [2.45, 2.75) is 26.4 Å². The van der Waals surface area contributed by atoms with Crippen LogP contribution in [0.2, 0.25) is 0 Å². The number of carbonyl (C=O) groups is 1. The van der Waals surface area contributed by atoms with Crippen LogP contribution in [0, 0.1) is 0 Å². The van der Waals surface area contributed by atoms with E-state index in [1.54, 1.807) is 31.2 Å². The lowest BCUT2D eigenvalue weighted by Crippen LogP contribution is -2.23. The number of hydrogen-bond donors (Lipinski definition) is 0. The molecule has 0 aliphatic rings. The first-order valence-electron chi connectivity index (χ1n) is 7.91. The average Bonchev–Trinajstić information content (AvgIpc) is 2.60. The number of ether oxygens (including phenoxy) is 1. The van der Waals surface area contributed by atoms with Crippen molar-refractivity contribution in [1.82, 2.24) is 0 Å². The molecule has 0 saturated heterocycles. The highest BCUT2D eigenvalue weighted by molar-refractivity contribution is 5.99. The summed E-state index contributed by atoms with van der Waals surface area (Å²) in [6, 6.07) is 15.8. The van der Waals surface area contributed by atoms with Crippen LogP contribution >= 0.6 is 0 Å². The zero-order valence-electron chi connectivity index (χ0n) is 13.6. The van der Waals surface area contributed by atoms with E-state index in [9.17, 15) is 9.59 Å². The lowest BCUT2D eigenvalue weighted by molar-refractivity contribution is 0.0818. The summed E-state index contributed by atoms with van der Waals surface area (Å²) in [5.41, 5.74) is 1.62. The zero-order chi connectivity index (χ0) is 17.1. The molecule has 1 atom stereocenters. The van der Waals surface area contributed by atoms with Crippen molar-refractivity contribution in [3.63, 3.8) is 0 Å². The molecule has 2 aromatic carbocycles. The summed E-state index contributed by atoms with van der Waals surface area (Å²) in [6.07, 6.45) is 0.108. The van der Waals surface area contributed by atoms with Crippen molar-refractivity contribution in [3.05, 3.63) is 76.1 Å². The van der Waals surface area contributed by atoms with Crippen LogP contribution < -0.4 is 10.4 Å². The van der Waals surface area contributed by atoms with Crippen LogP contribution in [0.3, 0.4) is 0 Å². The molecule has 0 N–H and O–H groups in total. The molecule has 4 nitrogen and oxygen atoms in total. The molecule has 0 spiro atoms. The van der Waals surface area contributed by atoms with Crippen molar-refractivity contribution in [2.24, 2.45) is 0 Å². The average molecular weight is 322 g/mol. The molecule has 0 radical (unpaired) electrons. The third-order valence-electron chi connectivity index (χ3n) is 3.92. The molecule has 3 aromatic rings. The van der Waals surface area contributed by atoms with Crippen LogP contribution in [-0.2, 0) is 6.42 Å². The summed E-state index contributed by atoms with van der Waals surface area (Å²) in [7, 11) is 0. The van der Waals surface area contributed by atoms with Crippen LogP contribution in [0.25, 0.3) is 11.0 Å². The first kappa shape index (κ1) is 16.0. The third kappa shape index (κ3) is 3.23. The van der Waals surface area contributed by atoms with E-state index in [1.165, 1.54) is 6.07 Å². The molecule has 0 aliphatic carbocycles. The second-order valence-electron chi connectivity index (χ2n) is 5.59. The fourth-order valence-corrected chi connectivity index (χ4v) is 2.67. The van der Waals surface area contributed by atoms with E-state index in [0.717, 1.165) is 17.4 Å². The highest BCUT2D eigenvalue weighted by Crippen LogP contribution is 2.24. The van der Waals surface area contributed by atoms with Crippen LogP contribution in [0.5, 0.6) is 5.75 Å². The number of aryl methyl sites for hydroxylation is 1. The summed E-state index contributed by atoms with van der Waals surface area (Å²) in [4.78, 5) is 24.0. The quantitative estimate of drug-likeness (QED) is 0.526. The molecule has 4 heteroatoms. The minimum absolute atomic E-state index is 0.0977. The van der Waals surface area contributed by atoms with Gasteiger partial charge in [0.05, 0.1) is 0 Å². The van der Waals surface area contributed by atoms with E-state index in [2.05, 4.69) is 0 Å². The Morgan fingerprint density at radius 3 is 2.58 bits per heavy atom. The Labute approximate surface area is 139 Å². The van der Waals surface area contributed by atoms with E-state index >= 15 is 0 Å². The zero-order valence-corrected chi connectivity index (χ0v) is 13.6. The maximum Gasteiger partial charge on any atom is 0.336 e. The second kappa shape index (κ2) is 6.71. The molecule has 0 saturated carbocycles. The first-order valence-corrected chi connectivity index (χ1v) is 7.91. The minimum atomic E-state index is -0.633. The summed E-state index contributed by atoms with van der Waals surface area (Å²) in [6.45, 7) is 3.69. The summed E-state index contributed by atoms with van der Waals surface area (Å²) in [5.74, 6) is 0.398. The molecular formula is C20H18O4. The van der Waals surface area contributed by atoms with Crippen LogP contribution in [0.4, 0.5) is 0 Å². The Hall–Kier alpha value is -2.88.